The van der Waals surface area contributed by atoms with Gasteiger partial charge in [-0.1, -0.05) is 17.7 Å². The van der Waals surface area contributed by atoms with Crippen LogP contribution in [0, 0.1) is 6.92 Å². The topological polar surface area (TPSA) is 35.8 Å². The van der Waals surface area contributed by atoms with Gasteiger partial charge in [0.25, 0.3) is 0 Å². The van der Waals surface area contributed by atoms with Gasteiger partial charge in [0.1, 0.15) is 0 Å². The third-order valence-corrected chi connectivity index (χ3v) is 2.34. The van der Waals surface area contributed by atoms with Crippen molar-refractivity contribution in [2.24, 2.45) is 5.10 Å². The van der Waals surface area contributed by atoms with E-state index in [0.717, 1.165) is 11.4 Å². The van der Waals surface area contributed by atoms with Crippen molar-refractivity contribution in [2.75, 3.05) is 5.01 Å². The number of rotatable bonds is 1. The van der Waals surface area contributed by atoms with Crippen molar-refractivity contribution in [3.8, 4) is 0 Å². The molecular weight excluding hydrogens is 176 g/mol. The Balaban J connectivity index is 2.27. The Bertz CT molecular complexity index is 356. The van der Waals surface area contributed by atoms with Gasteiger partial charge in [0.15, 0.2) is 6.23 Å². The van der Waals surface area contributed by atoms with Crippen molar-refractivity contribution in [1.82, 2.24) is 0 Å². The third-order valence-electron chi connectivity index (χ3n) is 2.34. The highest BCUT2D eigenvalue weighted by Gasteiger charge is 2.22. The summed E-state index contributed by atoms with van der Waals surface area (Å²) in [6, 6.07) is 7.98. The van der Waals surface area contributed by atoms with E-state index in [1.54, 1.807) is 5.01 Å². The van der Waals surface area contributed by atoms with E-state index in [9.17, 15) is 5.11 Å². The highest BCUT2D eigenvalue weighted by Crippen LogP contribution is 2.23. The van der Waals surface area contributed by atoms with Gasteiger partial charge in [-0.05, 0) is 26.0 Å². The zero-order valence-corrected chi connectivity index (χ0v) is 8.44. The monoisotopic (exact) mass is 190 g/mol. The second kappa shape index (κ2) is 3.42. The second-order valence-electron chi connectivity index (χ2n) is 3.70. The van der Waals surface area contributed by atoms with E-state index in [1.165, 1.54) is 5.56 Å². The van der Waals surface area contributed by atoms with Crippen molar-refractivity contribution < 1.29 is 5.11 Å². The molecule has 0 radical (unpaired) electrons. The number of nitrogens with zero attached hydrogens (tertiary/aromatic N) is 2. The number of hydrogen-bond donors (Lipinski definition) is 1. The SMILES string of the molecule is CC1=NN(c2ccc(C)cc2)C(O)C1. The van der Waals surface area contributed by atoms with Crippen LogP contribution >= 0.6 is 0 Å². The highest BCUT2D eigenvalue weighted by atomic mass is 16.3. The van der Waals surface area contributed by atoms with Gasteiger partial charge in [0.2, 0.25) is 0 Å². The maximum Gasteiger partial charge on any atom is 0.152 e. The quantitative estimate of drug-likeness (QED) is 0.734. The number of hydrazone groups is 1. The molecule has 3 heteroatoms. The fourth-order valence-electron chi connectivity index (χ4n) is 1.57. The molecule has 3 nitrogen and oxygen atoms in total. The van der Waals surface area contributed by atoms with Gasteiger partial charge in [-0.2, -0.15) is 5.10 Å². The zero-order valence-electron chi connectivity index (χ0n) is 8.44. The Kier molecular flexibility index (Phi) is 2.25. The molecule has 0 saturated heterocycles. The Morgan fingerprint density at radius 1 is 1.29 bits per heavy atom. The number of aryl methyl sites for hydroxylation is 1. The van der Waals surface area contributed by atoms with Gasteiger partial charge in [-0.25, -0.2) is 5.01 Å². The van der Waals surface area contributed by atoms with Crippen LogP contribution in [-0.2, 0) is 0 Å². The molecule has 1 N–H and O–H groups in total. The molecule has 0 aliphatic carbocycles. The maximum atomic E-state index is 9.69. The van der Waals surface area contributed by atoms with Crippen LogP contribution in [0.3, 0.4) is 0 Å². The van der Waals surface area contributed by atoms with E-state index in [4.69, 9.17) is 0 Å². The van der Waals surface area contributed by atoms with Crippen LogP contribution in [0.1, 0.15) is 18.9 Å². The summed E-state index contributed by atoms with van der Waals surface area (Å²) in [5, 5.41) is 15.6. The summed E-state index contributed by atoms with van der Waals surface area (Å²) in [5.74, 6) is 0. The molecule has 0 fully saturated rings. The lowest BCUT2D eigenvalue weighted by atomic mass is 10.2. The molecule has 1 aromatic rings. The number of anilines is 1. The van der Waals surface area contributed by atoms with Crippen LogP contribution in [0.5, 0.6) is 0 Å². The molecule has 1 atom stereocenters. The standard InChI is InChI=1S/C11H14N2O/c1-8-3-5-10(6-4-8)13-11(14)7-9(2)12-13/h3-6,11,14H,7H2,1-2H3. The van der Waals surface area contributed by atoms with Crippen LogP contribution < -0.4 is 5.01 Å². The summed E-state index contributed by atoms with van der Waals surface area (Å²) in [4.78, 5) is 0. The first-order valence-corrected chi connectivity index (χ1v) is 4.75. The minimum Gasteiger partial charge on any atom is -0.371 e. The van der Waals surface area contributed by atoms with Crippen molar-refractivity contribution >= 4 is 11.4 Å². The molecule has 0 saturated carbocycles. The normalized spacial score (nSPS) is 21.2. The minimum absolute atomic E-state index is 0.502. The highest BCUT2D eigenvalue weighted by molar-refractivity contribution is 5.86. The summed E-state index contributed by atoms with van der Waals surface area (Å²) >= 11 is 0. The minimum atomic E-state index is -0.502. The largest absolute Gasteiger partial charge is 0.371 e. The Morgan fingerprint density at radius 3 is 2.43 bits per heavy atom. The molecule has 74 valence electrons. The summed E-state index contributed by atoms with van der Waals surface area (Å²) in [6.07, 6.45) is 0.131. The average Bonchev–Trinajstić information content (AvgIpc) is 2.47. The molecule has 0 aromatic heterocycles. The van der Waals surface area contributed by atoms with Crippen LogP contribution in [0.4, 0.5) is 5.69 Å². The average molecular weight is 190 g/mol. The second-order valence-corrected chi connectivity index (χ2v) is 3.70. The van der Waals surface area contributed by atoms with Crippen molar-refractivity contribution in [3.05, 3.63) is 29.8 Å². The smallest absolute Gasteiger partial charge is 0.152 e. The molecule has 1 unspecified atom stereocenters. The first-order chi connectivity index (χ1) is 6.66. The Morgan fingerprint density at radius 2 is 1.93 bits per heavy atom. The van der Waals surface area contributed by atoms with Gasteiger partial charge in [-0.15, -0.1) is 0 Å². The lowest BCUT2D eigenvalue weighted by Crippen LogP contribution is -2.25. The predicted octanol–water partition coefficient (Wildman–Crippen LogP) is 1.90. The van der Waals surface area contributed by atoms with E-state index < -0.39 is 6.23 Å². The molecule has 2 rings (SSSR count). The first kappa shape index (κ1) is 9.21. The van der Waals surface area contributed by atoms with Crippen LogP contribution in [-0.4, -0.2) is 17.0 Å². The molecule has 0 amide bonds. The van der Waals surface area contributed by atoms with E-state index in [2.05, 4.69) is 5.10 Å². The zero-order chi connectivity index (χ0) is 10.1. The van der Waals surface area contributed by atoms with Crippen LogP contribution in [0.15, 0.2) is 29.4 Å². The first-order valence-electron chi connectivity index (χ1n) is 4.75. The number of aliphatic hydroxyl groups is 1. The van der Waals surface area contributed by atoms with Crippen LogP contribution in [0.2, 0.25) is 0 Å². The fraction of sp³-hybridized carbons (Fsp3) is 0.364. The van der Waals surface area contributed by atoms with Gasteiger partial charge in [0.05, 0.1) is 5.69 Å². The van der Waals surface area contributed by atoms with E-state index in [-0.39, 0.29) is 0 Å². The Labute approximate surface area is 83.7 Å². The van der Waals surface area contributed by atoms with Crippen molar-refractivity contribution in [3.63, 3.8) is 0 Å². The summed E-state index contributed by atoms with van der Waals surface area (Å²) < 4.78 is 0. The molecule has 1 aliphatic rings. The van der Waals surface area contributed by atoms with E-state index in [1.807, 2.05) is 38.1 Å². The third kappa shape index (κ3) is 1.63. The molecule has 1 aliphatic heterocycles. The van der Waals surface area contributed by atoms with Gasteiger partial charge in [-0.3, -0.25) is 0 Å². The summed E-state index contributed by atoms with van der Waals surface area (Å²) in [7, 11) is 0. The summed E-state index contributed by atoms with van der Waals surface area (Å²) in [6.45, 7) is 3.97. The maximum absolute atomic E-state index is 9.69. The van der Waals surface area contributed by atoms with Crippen LogP contribution in [0.25, 0.3) is 0 Å². The number of benzene rings is 1. The summed E-state index contributed by atoms with van der Waals surface area (Å²) in [5.41, 5.74) is 3.13. The van der Waals surface area contributed by atoms with Crippen molar-refractivity contribution in [1.29, 1.82) is 0 Å². The fourth-order valence-corrected chi connectivity index (χ4v) is 1.57. The molecule has 1 heterocycles. The number of aliphatic hydroxyl groups excluding tert-OH is 1. The molecule has 0 bridgehead atoms. The van der Waals surface area contributed by atoms with Gasteiger partial charge in [0, 0.05) is 12.1 Å². The lowest BCUT2D eigenvalue weighted by molar-refractivity contribution is 0.186. The molecular formula is C11H14N2O. The number of hydrogen-bond acceptors (Lipinski definition) is 3. The predicted molar refractivity (Wildman–Crippen MR) is 57.4 cm³/mol. The molecule has 14 heavy (non-hydrogen) atoms. The molecule has 0 spiro atoms. The molecule has 1 aromatic carbocycles. The van der Waals surface area contributed by atoms with Gasteiger partial charge < -0.3 is 5.11 Å². The van der Waals surface area contributed by atoms with Crippen molar-refractivity contribution in [2.45, 2.75) is 26.5 Å². The van der Waals surface area contributed by atoms with Gasteiger partial charge >= 0.3 is 0 Å². The van der Waals surface area contributed by atoms with E-state index >= 15 is 0 Å². The van der Waals surface area contributed by atoms with E-state index in [0.29, 0.717) is 6.42 Å². The lowest BCUT2D eigenvalue weighted by Gasteiger charge is -2.18. The Hall–Kier alpha value is -1.35.